The lowest BCUT2D eigenvalue weighted by atomic mass is 10.00. The van der Waals surface area contributed by atoms with E-state index < -0.39 is 69.7 Å². The average Bonchev–Trinajstić information content (AvgIpc) is 2.85. The second-order valence-electron chi connectivity index (χ2n) is 8.56. The zero-order valence-electron chi connectivity index (χ0n) is 19.5. The zero-order valence-corrected chi connectivity index (χ0v) is 19.5. The van der Waals surface area contributed by atoms with Crippen LogP contribution in [0.25, 0.3) is 11.1 Å². The molecule has 0 spiro atoms. The number of rotatable bonds is 6. The summed E-state index contributed by atoms with van der Waals surface area (Å²) in [7, 11) is 0. The molecule has 1 fully saturated rings. The van der Waals surface area contributed by atoms with Crippen LogP contribution in [0.1, 0.15) is 36.3 Å². The fourth-order valence-corrected chi connectivity index (χ4v) is 3.85. The lowest BCUT2D eigenvalue weighted by Gasteiger charge is -2.29. The third-order valence-corrected chi connectivity index (χ3v) is 6.05. The molecule has 198 valence electrons. The molecule has 3 aromatic rings. The molecule has 1 aliphatic heterocycles. The lowest BCUT2D eigenvalue weighted by molar-refractivity contribution is -0.205. The van der Waals surface area contributed by atoms with Gasteiger partial charge in [-0.2, -0.15) is 8.78 Å². The summed E-state index contributed by atoms with van der Waals surface area (Å²) < 4.78 is 129. The van der Waals surface area contributed by atoms with Gasteiger partial charge in [0.2, 0.25) is 0 Å². The van der Waals surface area contributed by atoms with Crippen LogP contribution in [0.5, 0.6) is 5.75 Å². The molecular formula is C26H20F8O3. The molecular weight excluding hydrogens is 512 g/mol. The molecule has 3 aromatic carbocycles. The molecule has 0 bridgehead atoms. The maximum absolute atomic E-state index is 14.8. The molecule has 37 heavy (non-hydrogen) atoms. The predicted molar refractivity (Wildman–Crippen MR) is 116 cm³/mol. The molecule has 0 saturated carbocycles. The van der Waals surface area contributed by atoms with Crippen molar-refractivity contribution in [3.8, 4) is 16.9 Å². The smallest absolute Gasteiger partial charge is 0.428 e. The summed E-state index contributed by atoms with van der Waals surface area (Å²) in [5.74, 6) is -11.0. The van der Waals surface area contributed by atoms with Gasteiger partial charge in [-0.15, -0.1) is 0 Å². The molecule has 0 radical (unpaired) electrons. The largest absolute Gasteiger partial charge is 0.432 e. The molecule has 11 heteroatoms. The number of benzene rings is 3. The summed E-state index contributed by atoms with van der Waals surface area (Å²) in [5.41, 5.74) is -3.09. The monoisotopic (exact) mass is 532 g/mol. The maximum Gasteiger partial charge on any atom is 0.432 e. The van der Waals surface area contributed by atoms with Gasteiger partial charge in [-0.1, -0.05) is 19.1 Å². The third kappa shape index (κ3) is 5.28. The number of halogens is 8. The number of hydrogen-bond donors (Lipinski definition) is 0. The fraction of sp³-hybridized carbons (Fsp3) is 0.308. The van der Waals surface area contributed by atoms with Gasteiger partial charge in [0, 0.05) is 28.7 Å². The van der Waals surface area contributed by atoms with E-state index in [1.54, 1.807) is 0 Å². The Balaban J connectivity index is 1.62. The van der Waals surface area contributed by atoms with Crippen molar-refractivity contribution in [2.75, 3.05) is 13.2 Å². The van der Waals surface area contributed by atoms with E-state index in [0.717, 1.165) is 19.4 Å². The first kappa shape index (κ1) is 26.9. The van der Waals surface area contributed by atoms with E-state index in [0.29, 0.717) is 30.9 Å². The predicted octanol–water partition coefficient (Wildman–Crippen LogP) is 7.70. The summed E-state index contributed by atoms with van der Waals surface area (Å²) in [5, 5.41) is 0. The van der Waals surface area contributed by atoms with Crippen molar-refractivity contribution < 1.29 is 49.3 Å². The van der Waals surface area contributed by atoms with Crippen LogP contribution in [0.15, 0.2) is 36.4 Å². The summed E-state index contributed by atoms with van der Waals surface area (Å²) in [6, 6.07) is 4.72. The highest BCUT2D eigenvalue weighted by atomic mass is 19.3. The zero-order chi connectivity index (χ0) is 27.1. The molecule has 1 saturated heterocycles. The van der Waals surface area contributed by atoms with E-state index in [4.69, 9.17) is 9.47 Å². The van der Waals surface area contributed by atoms with Crippen molar-refractivity contribution in [1.29, 1.82) is 0 Å². The molecule has 4 rings (SSSR count). The molecule has 0 atom stereocenters. The van der Waals surface area contributed by atoms with Gasteiger partial charge in [0.25, 0.3) is 0 Å². The van der Waals surface area contributed by atoms with Crippen molar-refractivity contribution in [1.82, 2.24) is 0 Å². The Morgan fingerprint density at radius 2 is 1.46 bits per heavy atom. The van der Waals surface area contributed by atoms with Crippen LogP contribution in [0.2, 0.25) is 0 Å². The number of hydrogen-bond acceptors (Lipinski definition) is 3. The van der Waals surface area contributed by atoms with Crippen LogP contribution >= 0.6 is 0 Å². The van der Waals surface area contributed by atoms with Gasteiger partial charge in [-0.25, -0.2) is 26.3 Å². The molecule has 0 amide bonds. The maximum atomic E-state index is 14.8. The summed E-state index contributed by atoms with van der Waals surface area (Å²) in [6.07, 6.45) is -4.75. The first-order valence-electron chi connectivity index (χ1n) is 11.2. The second kappa shape index (κ2) is 10.3. The molecule has 0 aliphatic carbocycles. The van der Waals surface area contributed by atoms with E-state index in [1.165, 1.54) is 12.1 Å². The SMILES string of the molecule is CCC1COC(c2ccc(-c3cc(F)c(C(F)(F)Oc4cc(F)c(F)c(F)c4C)c(F)c3)c(F)c2)OC1. The highest BCUT2D eigenvalue weighted by molar-refractivity contribution is 5.65. The summed E-state index contributed by atoms with van der Waals surface area (Å²) in [6.45, 7) is 3.61. The van der Waals surface area contributed by atoms with Crippen molar-refractivity contribution >= 4 is 0 Å². The highest BCUT2D eigenvalue weighted by Gasteiger charge is 2.42. The number of alkyl halides is 2. The van der Waals surface area contributed by atoms with Crippen molar-refractivity contribution in [2.45, 2.75) is 32.7 Å². The van der Waals surface area contributed by atoms with Crippen LogP contribution in [-0.4, -0.2) is 13.2 Å². The standard InChI is InChI=1S/C26H20F8O3/c1-3-13-10-35-25(36-11-13)14-4-5-16(17(27)6-14)15-7-18(28)22(19(29)8-15)26(33,34)37-21-9-20(30)24(32)23(31)12(21)2/h4-9,13,25H,3,10-11H2,1-2H3. The Morgan fingerprint density at radius 1 is 0.838 bits per heavy atom. The van der Waals surface area contributed by atoms with Gasteiger partial charge in [-0.3, -0.25) is 0 Å². The fourth-order valence-electron chi connectivity index (χ4n) is 3.85. The molecule has 3 nitrogen and oxygen atoms in total. The first-order valence-corrected chi connectivity index (χ1v) is 11.2. The van der Waals surface area contributed by atoms with Crippen LogP contribution in [0, 0.1) is 47.7 Å². The Kier molecular flexibility index (Phi) is 7.48. The minimum Gasteiger partial charge on any atom is -0.428 e. The minimum atomic E-state index is -4.76. The van der Waals surface area contributed by atoms with E-state index in [9.17, 15) is 35.1 Å². The number of ether oxygens (including phenoxy) is 3. The molecule has 1 aliphatic rings. The average molecular weight is 532 g/mol. The van der Waals surface area contributed by atoms with Gasteiger partial charge in [0.1, 0.15) is 28.8 Å². The van der Waals surface area contributed by atoms with Gasteiger partial charge >= 0.3 is 6.11 Å². The van der Waals surface area contributed by atoms with Gasteiger partial charge < -0.3 is 14.2 Å². The molecule has 0 aromatic heterocycles. The molecule has 0 N–H and O–H groups in total. The molecule has 1 heterocycles. The summed E-state index contributed by atoms with van der Waals surface area (Å²) in [4.78, 5) is 0. The van der Waals surface area contributed by atoms with Crippen molar-refractivity contribution in [3.63, 3.8) is 0 Å². The normalized spacial score (nSPS) is 18.2. The first-order chi connectivity index (χ1) is 17.4. The second-order valence-corrected chi connectivity index (χ2v) is 8.56. The van der Waals surface area contributed by atoms with Crippen LogP contribution in [0.3, 0.4) is 0 Å². The topological polar surface area (TPSA) is 27.7 Å². The highest BCUT2D eigenvalue weighted by Crippen LogP contribution is 2.39. The summed E-state index contributed by atoms with van der Waals surface area (Å²) >= 11 is 0. The van der Waals surface area contributed by atoms with E-state index in [1.807, 2.05) is 6.92 Å². The van der Waals surface area contributed by atoms with Crippen molar-refractivity contribution in [3.05, 3.63) is 88.0 Å². The van der Waals surface area contributed by atoms with Crippen LogP contribution in [0.4, 0.5) is 35.1 Å². The Bertz CT molecular complexity index is 1300. The van der Waals surface area contributed by atoms with E-state index in [2.05, 4.69) is 4.74 Å². The van der Waals surface area contributed by atoms with Gasteiger partial charge in [0.15, 0.2) is 23.7 Å². The molecule has 0 unspecified atom stereocenters. The van der Waals surface area contributed by atoms with E-state index in [-0.39, 0.29) is 17.5 Å². The quantitative estimate of drug-likeness (QED) is 0.241. The lowest BCUT2D eigenvalue weighted by Crippen LogP contribution is -2.26. The van der Waals surface area contributed by atoms with Gasteiger partial charge in [-0.05, 0) is 37.1 Å². The Morgan fingerprint density at radius 3 is 2.03 bits per heavy atom. The minimum absolute atomic E-state index is 0.130. The van der Waals surface area contributed by atoms with Crippen LogP contribution in [-0.2, 0) is 15.6 Å². The Hall–Kier alpha value is -3.18. The van der Waals surface area contributed by atoms with Crippen LogP contribution < -0.4 is 4.74 Å². The van der Waals surface area contributed by atoms with E-state index >= 15 is 0 Å². The van der Waals surface area contributed by atoms with Crippen molar-refractivity contribution in [2.24, 2.45) is 5.92 Å². The third-order valence-electron chi connectivity index (χ3n) is 6.05. The van der Waals surface area contributed by atoms with Gasteiger partial charge in [0.05, 0.1) is 13.2 Å². The Labute approximate surface area is 206 Å².